The van der Waals surface area contributed by atoms with Crippen molar-refractivity contribution in [1.29, 1.82) is 0 Å². The van der Waals surface area contributed by atoms with Crippen LogP contribution in [0, 0.1) is 0 Å². The maximum atomic E-state index is 10.9. The minimum atomic E-state index is -0.808. The van der Waals surface area contributed by atoms with Crippen molar-refractivity contribution in [2.24, 2.45) is 0 Å². The van der Waals surface area contributed by atoms with Gasteiger partial charge in [-0.05, 0) is 40.3 Å². The Bertz CT molecular complexity index is 851. The molecule has 2 aromatic heterocycles. The number of hydrogen-bond donors (Lipinski definition) is 1. The van der Waals surface area contributed by atoms with E-state index in [-0.39, 0.29) is 11.8 Å². The molecule has 1 aromatic carbocycles. The maximum Gasteiger partial charge on any atom is 0.307 e. The Kier molecular flexibility index (Phi) is 3.72. The fourth-order valence-electron chi connectivity index (χ4n) is 2.84. The lowest BCUT2D eigenvalue weighted by Gasteiger charge is -2.19. The highest BCUT2D eigenvalue weighted by Crippen LogP contribution is 2.27. The fourth-order valence-corrected chi connectivity index (χ4v) is 2.84. The predicted octanol–water partition coefficient (Wildman–Crippen LogP) is 4.53. The number of pyridine rings is 1. The maximum absolute atomic E-state index is 10.9. The predicted molar refractivity (Wildman–Crippen MR) is 92.9 cm³/mol. The third-order valence-corrected chi connectivity index (χ3v) is 4.09. The van der Waals surface area contributed by atoms with Gasteiger partial charge in [-0.3, -0.25) is 4.79 Å². The zero-order valence-corrected chi connectivity index (χ0v) is 13.7. The standard InChI is InChI=1S/C20H21NO2/c1-20(2,3)16-9-7-15(8-10-16)18-6-4-5-17-11-14(12-19(22)23)13-21(17)18/h4-11,13H,12H2,1-3H3,(H,22,23). The summed E-state index contributed by atoms with van der Waals surface area (Å²) in [4.78, 5) is 10.9. The number of fused-ring (bicyclic) bond motifs is 1. The van der Waals surface area contributed by atoms with E-state index in [1.54, 1.807) is 0 Å². The summed E-state index contributed by atoms with van der Waals surface area (Å²) >= 11 is 0. The summed E-state index contributed by atoms with van der Waals surface area (Å²) in [5.74, 6) is -0.808. The molecule has 0 saturated carbocycles. The summed E-state index contributed by atoms with van der Waals surface area (Å²) in [6.07, 6.45) is 1.96. The smallest absolute Gasteiger partial charge is 0.307 e. The highest BCUT2D eigenvalue weighted by atomic mass is 16.4. The molecule has 3 rings (SSSR count). The molecule has 3 nitrogen and oxygen atoms in total. The van der Waals surface area contributed by atoms with Crippen molar-refractivity contribution in [2.45, 2.75) is 32.6 Å². The van der Waals surface area contributed by atoms with Crippen LogP contribution in [0.2, 0.25) is 0 Å². The molecule has 0 atom stereocenters. The molecule has 0 amide bonds. The molecule has 0 aliphatic heterocycles. The van der Waals surface area contributed by atoms with Crippen LogP contribution in [0.1, 0.15) is 31.9 Å². The molecule has 0 unspecified atom stereocenters. The third kappa shape index (κ3) is 3.14. The van der Waals surface area contributed by atoms with E-state index >= 15 is 0 Å². The Morgan fingerprint density at radius 1 is 1.09 bits per heavy atom. The van der Waals surface area contributed by atoms with Crippen molar-refractivity contribution >= 4 is 11.5 Å². The van der Waals surface area contributed by atoms with Crippen molar-refractivity contribution in [1.82, 2.24) is 4.40 Å². The Morgan fingerprint density at radius 3 is 2.39 bits per heavy atom. The molecule has 0 spiro atoms. The number of carbonyl (C=O) groups is 1. The molecular weight excluding hydrogens is 286 g/mol. The molecule has 3 heteroatoms. The van der Waals surface area contributed by atoms with E-state index in [1.165, 1.54) is 5.56 Å². The quantitative estimate of drug-likeness (QED) is 0.772. The molecule has 0 aliphatic rings. The molecule has 0 fully saturated rings. The van der Waals surface area contributed by atoms with E-state index in [1.807, 2.05) is 24.4 Å². The lowest BCUT2D eigenvalue weighted by Crippen LogP contribution is -2.10. The van der Waals surface area contributed by atoms with E-state index in [9.17, 15) is 4.79 Å². The van der Waals surface area contributed by atoms with Crippen LogP contribution in [-0.4, -0.2) is 15.5 Å². The summed E-state index contributed by atoms with van der Waals surface area (Å²) < 4.78 is 2.06. The number of benzene rings is 1. The van der Waals surface area contributed by atoms with Crippen LogP contribution in [0.4, 0.5) is 0 Å². The van der Waals surface area contributed by atoms with Crippen LogP contribution in [-0.2, 0) is 16.6 Å². The number of carboxylic acid groups (broad SMARTS) is 1. The van der Waals surface area contributed by atoms with Crippen LogP contribution in [0.25, 0.3) is 16.8 Å². The van der Waals surface area contributed by atoms with Gasteiger partial charge in [0, 0.05) is 11.7 Å². The number of aromatic nitrogens is 1. The highest BCUT2D eigenvalue weighted by molar-refractivity contribution is 5.72. The molecular formula is C20H21NO2. The summed E-state index contributed by atoms with van der Waals surface area (Å²) in [6.45, 7) is 6.60. The van der Waals surface area contributed by atoms with Crippen LogP contribution in [0.3, 0.4) is 0 Å². The first-order valence-corrected chi connectivity index (χ1v) is 7.77. The number of carboxylic acids is 1. The molecule has 2 heterocycles. The molecule has 0 aliphatic carbocycles. The summed E-state index contributed by atoms with van der Waals surface area (Å²) in [5, 5.41) is 8.98. The average Bonchev–Trinajstić information content (AvgIpc) is 2.87. The molecule has 3 aromatic rings. The number of rotatable bonds is 3. The lowest BCUT2D eigenvalue weighted by molar-refractivity contribution is -0.136. The first-order valence-electron chi connectivity index (χ1n) is 7.77. The van der Waals surface area contributed by atoms with E-state index in [0.29, 0.717) is 0 Å². The lowest BCUT2D eigenvalue weighted by atomic mass is 9.86. The van der Waals surface area contributed by atoms with Crippen LogP contribution in [0.15, 0.2) is 54.7 Å². The first kappa shape index (κ1) is 15.3. The van der Waals surface area contributed by atoms with E-state index in [2.05, 4.69) is 55.5 Å². The highest BCUT2D eigenvalue weighted by Gasteiger charge is 2.14. The Hall–Kier alpha value is -2.55. The van der Waals surface area contributed by atoms with Gasteiger partial charge in [-0.2, -0.15) is 0 Å². The van der Waals surface area contributed by atoms with Gasteiger partial charge in [-0.1, -0.05) is 51.1 Å². The topological polar surface area (TPSA) is 41.7 Å². The second kappa shape index (κ2) is 5.58. The number of nitrogens with zero attached hydrogens (tertiary/aromatic N) is 1. The number of hydrogen-bond acceptors (Lipinski definition) is 1. The van der Waals surface area contributed by atoms with Crippen LogP contribution >= 0.6 is 0 Å². The van der Waals surface area contributed by atoms with E-state index in [4.69, 9.17) is 5.11 Å². The Labute approximate surface area is 136 Å². The van der Waals surface area contributed by atoms with Gasteiger partial charge < -0.3 is 9.51 Å². The molecule has 0 radical (unpaired) electrons. The summed E-state index contributed by atoms with van der Waals surface area (Å²) in [7, 11) is 0. The van der Waals surface area contributed by atoms with E-state index < -0.39 is 5.97 Å². The largest absolute Gasteiger partial charge is 0.481 e. The molecule has 0 saturated heterocycles. The van der Waals surface area contributed by atoms with Crippen molar-refractivity contribution in [3.8, 4) is 11.3 Å². The SMILES string of the molecule is CC(C)(C)c1ccc(-c2cccc3cc(CC(=O)O)cn23)cc1. The van der Waals surface area contributed by atoms with Gasteiger partial charge in [0.25, 0.3) is 0 Å². The van der Waals surface area contributed by atoms with Crippen molar-refractivity contribution in [3.63, 3.8) is 0 Å². The van der Waals surface area contributed by atoms with E-state index in [0.717, 1.165) is 22.3 Å². The first-order chi connectivity index (χ1) is 10.8. The van der Waals surface area contributed by atoms with Gasteiger partial charge in [0.15, 0.2) is 0 Å². The van der Waals surface area contributed by atoms with Crippen molar-refractivity contribution in [2.75, 3.05) is 0 Å². The summed E-state index contributed by atoms with van der Waals surface area (Å²) in [6, 6.07) is 16.6. The third-order valence-electron chi connectivity index (χ3n) is 4.09. The average molecular weight is 307 g/mol. The minimum Gasteiger partial charge on any atom is -0.481 e. The second-order valence-corrected chi connectivity index (χ2v) is 6.95. The second-order valence-electron chi connectivity index (χ2n) is 6.95. The van der Waals surface area contributed by atoms with Gasteiger partial charge >= 0.3 is 5.97 Å². The fraction of sp³-hybridized carbons (Fsp3) is 0.250. The van der Waals surface area contributed by atoms with Gasteiger partial charge in [0.05, 0.1) is 12.1 Å². The monoisotopic (exact) mass is 307 g/mol. The zero-order chi connectivity index (χ0) is 16.6. The zero-order valence-electron chi connectivity index (χ0n) is 13.7. The molecule has 0 bridgehead atoms. The minimum absolute atomic E-state index is 0.0457. The molecule has 118 valence electrons. The summed E-state index contributed by atoms with van der Waals surface area (Å²) in [5.41, 5.74) is 5.45. The van der Waals surface area contributed by atoms with Crippen molar-refractivity contribution in [3.05, 3.63) is 65.9 Å². The Morgan fingerprint density at radius 2 is 1.78 bits per heavy atom. The Balaban J connectivity index is 2.05. The van der Waals surface area contributed by atoms with Gasteiger partial charge in [-0.15, -0.1) is 0 Å². The molecule has 23 heavy (non-hydrogen) atoms. The van der Waals surface area contributed by atoms with Crippen molar-refractivity contribution < 1.29 is 9.90 Å². The molecule has 1 N–H and O–H groups in total. The van der Waals surface area contributed by atoms with Gasteiger partial charge in [-0.25, -0.2) is 0 Å². The number of aliphatic carboxylic acids is 1. The van der Waals surface area contributed by atoms with Crippen LogP contribution in [0.5, 0.6) is 0 Å². The van der Waals surface area contributed by atoms with Gasteiger partial charge in [0.2, 0.25) is 0 Å². The van der Waals surface area contributed by atoms with Gasteiger partial charge in [0.1, 0.15) is 0 Å². The normalized spacial score (nSPS) is 11.8. The van der Waals surface area contributed by atoms with Crippen LogP contribution < -0.4 is 0 Å².